The second-order valence-electron chi connectivity index (χ2n) is 5.32. The van der Waals surface area contributed by atoms with Crippen LogP contribution in [0.5, 0.6) is 0 Å². The fourth-order valence-corrected chi connectivity index (χ4v) is 3.00. The Balaban J connectivity index is 1.95. The summed E-state index contributed by atoms with van der Waals surface area (Å²) in [4.78, 5) is 12.5. The highest BCUT2D eigenvalue weighted by Gasteiger charge is 2.08. The molecule has 2 rings (SSSR count). The standard InChI is InChI=1S/C16H25N5S/c1-5-17-16(18-9-8-15-19-11-13(2)22-15)21(4)12-14-7-6-10-20(14)3/h6-7,10-11H,5,8-9,12H2,1-4H3,(H,17,18). The number of thiazole rings is 1. The summed E-state index contributed by atoms with van der Waals surface area (Å²) < 4.78 is 2.14. The molecule has 0 aliphatic rings. The minimum atomic E-state index is 0.757. The van der Waals surface area contributed by atoms with E-state index in [-0.39, 0.29) is 0 Å². The zero-order chi connectivity index (χ0) is 15.9. The first-order valence-corrected chi connectivity index (χ1v) is 8.42. The van der Waals surface area contributed by atoms with Crippen molar-refractivity contribution < 1.29 is 0 Å². The lowest BCUT2D eigenvalue weighted by molar-refractivity contribution is 0.462. The van der Waals surface area contributed by atoms with Crippen molar-refractivity contribution >= 4 is 17.3 Å². The number of guanidine groups is 1. The third-order valence-electron chi connectivity index (χ3n) is 3.40. The fraction of sp³-hybridized carbons (Fsp3) is 0.500. The van der Waals surface area contributed by atoms with Gasteiger partial charge >= 0.3 is 0 Å². The first-order chi connectivity index (χ1) is 10.6. The summed E-state index contributed by atoms with van der Waals surface area (Å²) in [6, 6.07) is 4.20. The smallest absolute Gasteiger partial charge is 0.194 e. The first-order valence-electron chi connectivity index (χ1n) is 7.61. The van der Waals surface area contributed by atoms with Crippen LogP contribution in [0.1, 0.15) is 22.5 Å². The molecule has 0 aromatic carbocycles. The Morgan fingerprint density at radius 1 is 1.50 bits per heavy atom. The molecule has 0 saturated carbocycles. The molecule has 0 radical (unpaired) electrons. The van der Waals surface area contributed by atoms with Crippen LogP contribution in [0, 0.1) is 6.92 Å². The van der Waals surface area contributed by atoms with Crippen LogP contribution in [0.2, 0.25) is 0 Å². The lowest BCUT2D eigenvalue weighted by atomic mass is 10.4. The number of aromatic nitrogens is 2. The highest BCUT2D eigenvalue weighted by atomic mass is 32.1. The highest BCUT2D eigenvalue weighted by molar-refractivity contribution is 7.11. The van der Waals surface area contributed by atoms with Gasteiger partial charge in [0.05, 0.1) is 11.6 Å². The van der Waals surface area contributed by atoms with E-state index in [2.05, 4.69) is 66.0 Å². The summed E-state index contributed by atoms with van der Waals surface area (Å²) in [7, 11) is 4.14. The lowest BCUT2D eigenvalue weighted by Crippen LogP contribution is -2.39. The molecule has 120 valence electrons. The van der Waals surface area contributed by atoms with Crippen LogP contribution >= 0.6 is 11.3 Å². The van der Waals surface area contributed by atoms with Gasteiger partial charge in [0, 0.05) is 56.6 Å². The lowest BCUT2D eigenvalue weighted by Gasteiger charge is -2.22. The Morgan fingerprint density at radius 2 is 2.32 bits per heavy atom. The Labute approximate surface area is 136 Å². The zero-order valence-electron chi connectivity index (χ0n) is 13.8. The van der Waals surface area contributed by atoms with Gasteiger partial charge in [-0.1, -0.05) is 0 Å². The first kappa shape index (κ1) is 16.5. The molecule has 0 aliphatic carbocycles. The predicted octanol–water partition coefficient (Wildman–Crippen LogP) is 2.43. The van der Waals surface area contributed by atoms with Crippen molar-refractivity contribution in [2.45, 2.75) is 26.8 Å². The summed E-state index contributed by atoms with van der Waals surface area (Å²) >= 11 is 1.75. The minimum absolute atomic E-state index is 0.757. The maximum Gasteiger partial charge on any atom is 0.194 e. The molecular formula is C16H25N5S. The van der Waals surface area contributed by atoms with Gasteiger partial charge in [0.25, 0.3) is 0 Å². The molecule has 6 heteroatoms. The van der Waals surface area contributed by atoms with Gasteiger partial charge in [0.2, 0.25) is 0 Å². The normalized spacial score (nSPS) is 11.7. The summed E-state index contributed by atoms with van der Waals surface area (Å²) in [5, 5.41) is 4.51. The average molecular weight is 319 g/mol. The molecule has 2 heterocycles. The summed E-state index contributed by atoms with van der Waals surface area (Å²) in [6.07, 6.45) is 4.89. The van der Waals surface area contributed by atoms with Gasteiger partial charge in [-0.25, -0.2) is 4.98 Å². The number of hydrogen-bond acceptors (Lipinski definition) is 3. The van der Waals surface area contributed by atoms with Crippen LogP contribution in [-0.2, 0) is 20.0 Å². The van der Waals surface area contributed by atoms with Gasteiger partial charge < -0.3 is 14.8 Å². The number of hydrogen-bond donors (Lipinski definition) is 1. The molecule has 1 N–H and O–H groups in total. The quantitative estimate of drug-likeness (QED) is 0.657. The number of nitrogens with one attached hydrogen (secondary N) is 1. The van der Waals surface area contributed by atoms with Crippen LogP contribution in [-0.4, -0.2) is 40.5 Å². The largest absolute Gasteiger partial charge is 0.357 e. The van der Waals surface area contributed by atoms with Crippen molar-refractivity contribution in [2.75, 3.05) is 20.1 Å². The maximum absolute atomic E-state index is 4.72. The van der Waals surface area contributed by atoms with E-state index in [9.17, 15) is 0 Å². The molecule has 2 aromatic rings. The van der Waals surface area contributed by atoms with Crippen molar-refractivity contribution in [2.24, 2.45) is 12.0 Å². The molecule has 2 aromatic heterocycles. The second-order valence-corrected chi connectivity index (χ2v) is 6.64. The van der Waals surface area contributed by atoms with Gasteiger partial charge in [-0.05, 0) is 26.0 Å². The molecule has 5 nitrogen and oxygen atoms in total. The Morgan fingerprint density at radius 3 is 2.91 bits per heavy atom. The van der Waals surface area contributed by atoms with Gasteiger partial charge in [-0.15, -0.1) is 11.3 Å². The van der Waals surface area contributed by atoms with Crippen molar-refractivity contribution in [3.05, 3.63) is 40.1 Å². The van der Waals surface area contributed by atoms with Gasteiger partial charge in [-0.3, -0.25) is 4.99 Å². The molecule has 22 heavy (non-hydrogen) atoms. The van der Waals surface area contributed by atoms with E-state index < -0.39 is 0 Å². The summed E-state index contributed by atoms with van der Waals surface area (Å²) in [6.45, 7) is 6.64. The minimum Gasteiger partial charge on any atom is -0.357 e. The van der Waals surface area contributed by atoms with Gasteiger partial charge in [0.15, 0.2) is 5.96 Å². The van der Waals surface area contributed by atoms with Gasteiger partial charge in [-0.2, -0.15) is 0 Å². The molecule has 0 atom stereocenters. The molecule has 0 amide bonds. The SMILES string of the molecule is CCNC(=NCCc1ncc(C)s1)N(C)Cc1cccn1C. The second kappa shape index (κ2) is 7.98. The van der Waals surface area contributed by atoms with Gasteiger partial charge in [0.1, 0.15) is 0 Å². The number of nitrogens with zero attached hydrogens (tertiary/aromatic N) is 4. The summed E-state index contributed by atoms with van der Waals surface area (Å²) in [5.74, 6) is 0.942. The van der Waals surface area contributed by atoms with Crippen LogP contribution < -0.4 is 5.32 Å². The number of aliphatic imine (C=N–C) groups is 1. The topological polar surface area (TPSA) is 45.5 Å². The maximum atomic E-state index is 4.72. The average Bonchev–Trinajstić information content (AvgIpc) is 3.07. The van der Waals surface area contributed by atoms with Crippen molar-refractivity contribution in [1.82, 2.24) is 19.8 Å². The van der Waals surface area contributed by atoms with E-state index in [0.717, 1.165) is 37.0 Å². The van der Waals surface area contributed by atoms with Crippen molar-refractivity contribution in [3.63, 3.8) is 0 Å². The van der Waals surface area contributed by atoms with Crippen LogP contribution in [0.4, 0.5) is 0 Å². The molecule has 0 fully saturated rings. The fourth-order valence-electron chi connectivity index (χ4n) is 2.22. The Kier molecular flexibility index (Phi) is 6.00. The zero-order valence-corrected chi connectivity index (χ0v) is 14.7. The number of aryl methyl sites for hydroxylation is 2. The van der Waals surface area contributed by atoms with Crippen LogP contribution in [0.15, 0.2) is 29.5 Å². The van der Waals surface area contributed by atoms with Crippen molar-refractivity contribution in [3.8, 4) is 0 Å². The van der Waals surface area contributed by atoms with E-state index in [4.69, 9.17) is 4.99 Å². The van der Waals surface area contributed by atoms with Crippen LogP contribution in [0.3, 0.4) is 0 Å². The summed E-state index contributed by atoms with van der Waals surface area (Å²) in [5.41, 5.74) is 1.27. The molecule has 0 saturated heterocycles. The van der Waals surface area contributed by atoms with E-state index in [1.807, 2.05) is 6.20 Å². The highest BCUT2D eigenvalue weighted by Crippen LogP contribution is 2.11. The van der Waals surface area contributed by atoms with E-state index >= 15 is 0 Å². The predicted molar refractivity (Wildman–Crippen MR) is 93.4 cm³/mol. The molecule has 0 unspecified atom stereocenters. The van der Waals surface area contributed by atoms with E-state index in [0.29, 0.717) is 0 Å². The monoisotopic (exact) mass is 319 g/mol. The van der Waals surface area contributed by atoms with E-state index in [1.54, 1.807) is 11.3 Å². The Bertz CT molecular complexity index is 614. The third-order valence-corrected chi connectivity index (χ3v) is 4.38. The number of rotatable bonds is 6. The van der Waals surface area contributed by atoms with Crippen molar-refractivity contribution in [1.29, 1.82) is 0 Å². The molecule has 0 spiro atoms. The third kappa shape index (κ3) is 4.59. The molecule has 0 aliphatic heterocycles. The van der Waals surface area contributed by atoms with E-state index in [1.165, 1.54) is 10.6 Å². The Hall–Kier alpha value is -1.82. The molecular weight excluding hydrogens is 294 g/mol. The van der Waals surface area contributed by atoms with Crippen LogP contribution in [0.25, 0.3) is 0 Å². The molecule has 0 bridgehead atoms.